The Labute approximate surface area is 626 Å². The SMILES string of the molecule is CCC(C)CCCCCCCCCCCCC(=O)OC[C@H](COP(=O)(O)OCC(O)COP(=O)(O)OC[C@@H](COC(=O)CCCCCCCCCC(C)C)OC(=O)CCCCCCCCCCCCCCCCCCC(C)C)OC(=O)CCCCCCCCCCCCCCCCCCC(C)C. The van der Waals surface area contributed by atoms with Gasteiger partial charge < -0.3 is 33.8 Å². The van der Waals surface area contributed by atoms with Crippen LogP contribution < -0.4 is 0 Å². The van der Waals surface area contributed by atoms with Gasteiger partial charge in [-0.3, -0.25) is 37.3 Å². The van der Waals surface area contributed by atoms with Crippen molar-refractivity contribution in [3.63, 3.8) is 0 Å². The lowest BCUT2D eigenvalue weighted by Gasteiger charge is -2.21. The Bertz CT molecular complexity index is 1990. The van der Waals surface area contributed by atoms with Crippen molar-refractivity contribution in [1.29, 1.82) is 0 Å². The summed E-state index contributed by atoms with van der Waals surface area (Å²) in [6.07, 6.45) is 59.7. The highest BCUT2D eigenvalue weighted by molar-refractivity contribution is 7.47. The number of phosphoric acid groups is 2. The van der Waals surface area contributed by atoms with Crippen LogP contribution in [0, 0.1) is 23.7 Å². The van der Waals surface area contributed by atoms with Gasteiger partial charge in [-0.15, -0.1) is 0 Å². The van der Waals surface area contributed by atoms with Crippen molar-refractivity contribution < 1.29 is 80.2 Å². The number of esters is 4. The zero-order valence-corrected chi connectivity index (χ0v) is 69.0. The molecule has 0 fully saturated rings. The van der Waals surface area contributed by atoms with E-state index in [0.29, 0.717) is 31.6 Å². The van der Waals surface area contributed by atoms with Crippen LogP contribution in [0.3, 0.4) is 0 Å². The highest BCUT2D eigenvalue weighted by Crippen LogP contribution is 2.45. The second-order valence-electron chi connectivity index (χ2n) is 31.5. The molecule has 0 heterocycles. The molecule has 102 heavy (non-hydrogen) atoms. The van der Waals surface area contributed by atoms with Crippen LogP contribution in [0.4, 0.5) is 0 Å². The van der Waals surface area contributed by atoms with Crippen LogP contribution >= 0.6 is 15.6 Å². The van der Waals surface area contributed by atoms with Gasteiger partial charge in [-0.05, 0) is 49.4 Å². The van der Waals surface area contributed by atoms with Crippen LogP contribution in [0.1, 0.15) is 428 Å². The van der Waals surface area contributed by atoms with E-state index in [1.54, 1.807) is 0 Å². The molecule has 0 rings (SSSR count). The van der Waals surface area contributed by atoms with E-state index in [2.05, 4.69) is 55.4 Å². The fraction of sp³-hybridized carbons (Fsp3) is 0.952. The minimum absolute atomic E-state index is 0.107. The third-order valence-corrected chi connectivity index (χ3v) is 21.6. The summed E-state index contributed by atoms with van der Waals surface area (Å²) in [5.41, 5.74) is 0. The first kappa shape index (κ1) is 100. The van der Waals surface area contributed by atoms with E-state index in [1.165, 1.54) is 225 Å². The molecule has 0 aromatic heterocycles. The molecular formula is C83H162O17P2. The first-order chi connectivity index (χ1) is 49.1. The van der Waals surface area contributed by atoms with Crippen LogP contribution in [0.25, 0.3) is 0 Å². The molecule has 0 radical (unpaired) electrons. The van der Waals surface area contributed by atoms with Crippen molar-refractivity contribution in [2.75, 3.05) is 39.6 Å². The molecule has 19 heteroatoms. The zero-order chi connectivity index (χ0) is 75.3. The van der Waals surface area contributed by atoms with E-state index < -0.39 is 97.5 Å². The second kappa shape index (κ2) is 72.0. The number of ether oxygens (including phenoxy) is 4. The quantitative estimate of drug-likeness (QED) is 0.0222. The summed E-state index contributed by atoms with van der Waals surface area (Å²) in [5, 5.41) is 10.7. The van der Waals surface area contributed by atoms with Gasteiger partial charge in [-0.1, -0.05) is 376 Å². The van der Waals surface area contributed by atoms with Crippen LogP contribution in [-0.4, -0.2) is 96.7 Å². The van der Waals surface area contributed by atoms with Gasteiger partial charge in [0.1, 0.15) is 19.3 Å². The second-order valence-corrected chi connectivity index (χ2v) is 34.4. The molecule has 0 aliphatic heterocycles. The lowest BCUT2D eigenvalue weighted by molar-refractivity contribution is -0.161. The number of unbranched alkanes of at least 4 members (excludes halogenated alkanes) is 45. The zero-order valence-electron chi connectivity index (χ0n) is 67.2. The van der Waals surface area contributed by atoms with Crippen molar-refractivity contribution in [1.82, 2.24) is 0 Å². The van der Waals surface area contributed by atoms with Gasteiger partial charge in [0.25, 0.3) is 0 Å². The third kappa shape index (κ3) is 74.9. The van der Waals surface area contributed by atoms with E-state index >= 15 is 0 Å². The van der Waals surface area contributed by atoms with E-state index in [-0.39, 0.29) is 25.7 Å². The number of aliphatic hydroxyl groups is 1. The first-order valence-electron chi connectivity index (χ1n) is 42.7. The molecule has 4 unspecified atom stereocenters. The minimum Gasteiger partial charge on any atom is -0.462 e. The summed E-state index contributed by atoms with van der Waals surface area (Å²) in [6.45, 7) is 14.3. The normalized spacial score (nSPS) is 14.3. The summed E-state index contributed by atoms with van der Waals surface area (Å²) >= 11 is 0. The van der Waals surface area contributed by atoms with Crippen molar-refractivity contribution >= 4 is 39.5 Å². The lowest BCUT2D eigenvalue weighted by atomic mass is 9.99. The molecule has 0 spiro atoms. The van der Waals surface area contributed by atoms with Crippen molar-refractivity contribution in [2.45, 2.75) is 446 Å². The number of hydrogen-bond donors (Lipinski definition) is 3. The summed E-state index contributed by atoms with van der Waals surface area (Å²) in [5.74, 6) is 1.02. The van der Waals surface area contributed by atoms with Gasteiger partial charge in [0.2, 0.25) is 0 Å². The van der Waals surface area contributed by atoms with Crippen LogP contribution in [0.5, 0.6) is 0 Å². The fourth-order valence-electron chi connectivity index (χ4n) is 12.8. The lowest BCUT2D eigenvalue weighted by Crippen LogP contribution is -2.30. The van der Waals surface area contributed by atoms with Gasteiger partial charge in [-0.2, -0.15) is 0 Å². The number of aliphatic hydroxyl groups excluding tert-OH is 1. The molecule has 0 saturated carbocycles. The minimum atomic E-state index is -4.96. The maximum absolute atomic E-state index is 13.1. The van der Waals surface area contributed by atoms with Crippen molar-refractivity contribution in [3.05, 3.63) is 0 Å². The monoisotopic (exact) mass is 1490 g/mol. The molecule has 17 nitrogen and oxygen atoms in total. The van der Waals surface area contributed by atoms with Gasteiger partial charge in [-0.25, -0.2) is 9.13 Å². The van der Waals surface area contributed by atoms with Crippen LogP contribution in [0.2, 0.25) is 0 Å². The smallest absolute Gasteiger partial charge is 0.462 e. The molecule has 0 aliphatic rings. The highest BCUT2D eigenvalue weighted by atomic mass is 31.2. The third-order valence-electron chi connectivity index (χ3n) is 19.7. The Hall–Kier alpha value is -1.94. The first-order valence-corrected chi connectivity index (χ1v) is 45.7. The molecule has 0 aromatic rings. The molecule has 3 N–H and O–H groups in total. The Morgan fingerprint density at radius 2 is 0.471 bits per heavy atom. The largest absolute Gasteiger partial charge is 0.472 e. The maximum Gasteiger partial charge on any atom is 0.472 e. The van der Waals surface area contributed by atoms with Crippen LogP contribution in [-0.2, 0) is 65.4 Å². The summed E-state index contributed by atoms with van der Waals surface area (Å²) in [4.78, 5) is 73.1. The number of rotatable bonds is 80. The Morgan fingerprint density at radius 3 is 0.696 bits per heavy atom. The topological polar surface area (TPSA) is 237 Å². The van der Waals surface area contributed by atoms with Gasteiger partial charge >= 0.3 is 39.5 Å². The van der Waals surface area contributed by atoms with Gasteiger partial charge in [0.05, 0.1) is 26.4 Å². The molecule has 0 aliphatic carbocycles. The highest BCUT2D eigenvalue weighted by Gasteiger charge is 2.30. The Morgan fingerprint density at radius 1 is 0.275 bits per heavy atom. The number of hydrogen-bond acceptors (Lipinski definition) is 15. The predicted molar refractivity (Wildman–Crippen MR) is 418 cm³/mol. The molecular weight excluding hydrogens is 1330 g/mol. The number of carbonyl (C=O) groups excluding carboxylic acids is 4. The summed E-state index contributed by atoms with van der Waals surface area (Å²) < 4.78 is 68.8. The van der Waals surface area contributed by atoms with E-state index in [4.69, 9.17) is 37.0 Å². The molecule has 6 atom stereocenters. The summed E-state index contributed by atoms with van der Waals surface area (Å²) in [7, 11) is -9.93. The molecule has 0 amide bonds. The molecule has 0 saturated heterocycles. The van der Waals surface area contributed by atoms with E-state index in [1.807, 2.05) is 0 Å². The van der Waals surface area contributed by atoms with Crippen molar-refractivity contribution in [2.24, 2.45) is 23.7 Å². The average molecular weight is 1490 g/mol. The van der Waals surface area contributed by atoms with E-state index in [9.17, 15) is 43.2 Å². The number of carbonyl (C=O) groups is 4. The summed E-state index contributed by atoms with van der Waals surface area (Å²) in [6, 6.07) is 0. The number of phosphoric ester groups is 2. The Kier molecular flexibility index (Phi) is 70.6. The molecule has 0 aromatic carbocycles. The fourth-order valence-corrected chi connectivity index (χ4v) is 14.3. The van der Waals surface area contributed by atoms with Gasteiger partial charge in [0, 0.05) is 25.7 Å². The van der Waals surface area contributed by atoms with Gasteiger partial charge in [0.15, 0.2) is 12.2 Å². The predicted octanol–water partition coefficient (Wildman–Crippen LogP) is 24.8. The standard InChI is InChI=1S/C83H162O17P2/c1-9-76(8)62-54-46-38-30-26-27-31-39-47-55-63-80(85)93-69-78(99-82(87)65-57-49-40-32-24-20-16-12-10-14-18-22-28-35-43-51-59-73(2)3)71-97-101(89,90)95-67-77(84)68-96-102(91,92)98-72-79(70-94-81(86)64-56-48-42-34-37-45-53-61-75(6)7)100-83(88)66-58-50-41-33-25-21-17-13-11-15-19-23-29-36-44-52-60-74(4)5/h73-79,84H,9-72H2,1-8H3,(H,89,90)(H,91,92)/t76?,77?,78-,79-/m1/s1. The Balaban J connectivity index is 5.23. The van der Waals surface area contributed by atoms with Crippen LogP contribution in [0.15, 0.2) is 0 Å². The van der Waals surface area contributed by atoms with E-state index in [0.717, 1.165) is 114 Å². The molecule has 606 valence electrons. The maximum atomic E-state index is 13.1. The van der Waals surface area contributed by atoms with Crippen molar-refractivity contribution in [3.8, 4) is 0 Å². The molecule has 0 bridgehead atoms. The average Bonchev–Trinajstić information content (AvgIpc) is 0.915.